The van der Waals surface area contributed by atoms with Crippen LogP contribution in [0.25, 0.3) is 0 Å². The van der Waals surface area contributed by atoms with Gasteiger partial charge in [0.15, 0.2) is 0 Å². The maximum atomic E-state index is 13.2. The SMILES string of the molecule is O=C(O)Cn1nc(C(F)F)c2c1C1(SCCS1)C1CC21. The van der Waals surface area contributed by atoms with Gasteiger partial charge < -0.3 is 5.11 Å². The third kappa shape index (κ3) is 1.55. The molecule has 108 valence electrons. The molecular weight excluding hydrogens is 306 g/mol. The number of aliphatic carboxylic acids is 1. The molecule has 2 fully saturated rings. The topological polar surface area (TPSA) is 55.1 Å². The standard InChI is InChI=1S/C12H12F2N2O2S2/c13-11(14)9-8-5-3-6(5)12(19-1-2-20-12)10(8)16(15-9)4-7(17)18/h5-6,11H,1-4H2,(H,17,18). The summed E-state index contributed by atoms with van der Waals surface area (Å²) in [5.41, 5.74) is 1.20. The molecule has 0 aromatic carbocycles. The first-order chi connectivity index (χ1) is 9.54. The largest absolute Gasteiger partial charge is 0.480 e. The van der Waals surface area contributed by atoms with Gasteiger partial charge in [0.05, 0.1) is 5.69 Å². The molecule has 4 rings (SSSR count). The number of hydrogen-bond acceptors (Lipinski definition) is 4. The highest BCUT2D eigenvalue weighted by atomic mass is 32.2. The van der Waals surface area contributed by atoms with E-state index >= 15 is 0 Å². The highest BCUT2D eigenvalue weighted by molar-refractivity contribution is 8.20. The number of carboxylic acid groups (broad SMARTS) is 1. The zero-order chi connectivity index (χ0) is 14.1. The number of alkyl halides is 2. The van der Waals surface area contributed by atoms with E-state index in [1.807, 2.05) is 0 Å². The lowest BCUT2D eigenvalue weighted by atomic mass is 10.1. The summed E-state index contributed by atoms with van der Waals surface area (Å²) in [4.78, 5) is 11.0. The van der Waals surface area contributed by atoms with Gasteiger partial charge in [-0.25, -0.2) is 8.78 Å². The third-order valence-corrected chi connectivity index (χ3v) is 7.84. The van der Waals surface area contributed by atoms with Gasteiger partial charge in [-0.05, 0) is 18.3 Å². The van der Waals surface area contributed by atoms with Crippen molar-refractivity contribution in [3.63, 3.8) is 0 Å². The molecular formula is C12H12F2N2O2S2. The molecule has 3 aliphatic rings. The van der Waals surface area contributed by atoms with Crippen molar-refractivity contribution in [1.29, 1.82) is 0 Å². The van der Waals surface area contributed by atoms with Crippen LogP contribution in [0.5, 0.6) is 0 Å². The average Bonchev–Trinajstić information content (AvgIpc) is 2.79. The van der Waals surface area contributed by atoms with E-state index in [1.54, 1.807) is 23.5 Å². The Morgan fingerprint density at radius 1 is 1.50 bits per heavy atom. The first kappa shape index (κ1) is 12.9. The van der Waals surface area contributed by atoms with Gasteiger partial charge in [0.25, 0.3) is 6.43 Å². The zero-order valence-corrected chi connectivity index (χ0v) is 12.0. The van der Waals surface area contributed by atoms with Crippen molar-refractivity contribution in [2.24, 2.45) is 5.92 Å². The predicted octanol–water partition coefficient (Wildman–Crippen LogP) is 2.66. The number of carbonyl (C=O) groups is 1. The molecule has 1 saturated heterocycles. The molecule has 4 nitrogen and oxygen atoms in total. The van der Waals surface area contributed by atoms with Gasteiger partial charge in [0.2, 0.25) is 0 Å². The number of fused-ring (bicyclic) bond motifs is 5. The molecule has 1 aromatic rings. The molecule has 0 amide bonds. The number of nitrogens with zero attached hydrogens (tertiary/aromatic N) is 2. The summed E-state index contributed by atoms with van der Waals surface area (Å²) in [7, 11) is 0. The van der Waals surface area contributed by atoms with Crippen molar-refractivity contribution in [2.45, 2.75) is 29.4 Å². The summed E-state index contributed by atoms with van der Waals surface area (Å²) < 4.78 is 27.5. The van der Waals surface area contributed by atoms with Crippen LogP contribution in [0.4, 0.5) is 8.78 Å². The van der Waals surface area contributed by atoms with Gasteiger partial charge in [-0.1, -0.05) is 0 Å². The Kier molecular flexibility index (Phi) is 2.67. The monoisotopic (exact) mass is 318 g/mol. The van der Waals surface area contributed by atoms with Crippen LogP contribution in [0, 0.1) is 5.92 Å². The van der Waals surface area contributed by atoms with Crippen molar-refractivity contribution in [2.75, 3.05) is 11.5 Å². The third-order valence-electron chi connectivity index (χ3n) is 4.21. The zero-order valence-electron chi connectivity index (χ0n) is 10.4. The molecule has 1 N–H and O–H groups in total. The maximum absolute atomic E-state index is 13.2. The summed E-state index contributed by atoms with van der Waals surface area (Å²) in [5, 5.41) is 12.9. The maximum Gasteiger partial charge on any atom is 0.325 e. The second kappa shape index (κ2) is 4.13. The van der Waals surface area contributed by atoms with Gasteiger partial charge in [0.1, 0.15) is 16.3 Å². The van der Waals surface area contributed by atoms with Crippen LogP contribution in [-0.2, 0) is 15.4 Å². The highest BCUT2D eigenvalue weighted by Crippen LogP contribution is 2.75. The van der Waals surface area contributed by atoms with Gasteiger partial charge in [-0.15, -0.1) is 23.5 Å². The Hall–Kier alpha value is -0.760. The van der Waals surface area contributed by atoms with Crippen LogP contribution in [0.1, 0.15) is 35.7 Å². The first-order valence-corrected chi connectivity index (χ1v) is 8.40. The van der Waals surface area contributed by atoms with Crippen LogP contribution in [0.2, 0.25) is 0 Å². The van der Waals surface area contributed by atoms with Gasteiger partial charge in [-0.3, -0.25) is 9.48 Å². The second-order valence-electron chi connectivity index (χ2n) is 5.31. The molecule has 1 saturated carbocycles. The minimum Gasteiger partial charge on any atom is -0.480 e. The van der Waals surface area contributed by atoms with E-state index < -0.39 is 12.4 Å². The molecule has 8 heteroatoms. The van der Waals surface area contributed by atoms with E-state index in [0.717, 1.165) is 23.6 Å². The van der Waals surface area contributed by atoms with Gasteiger partial charge in [0, 0.05) is 17.1 Å². The van der Waals surface area contributed by atoms with Crippen molar-refractivity contribution >= 4 is 29.5 Å². The fourth-order valence-corrected chi connectivity index (χ4v) is 7.28. The van der Waals surface area contributed by atoms with Crippen LogP contribution in [-0.4, -0.2) is 32.4 Å². The summed E-state index contributed by atoms with van der Waals surface area (Å²) in [6, 6.07) is 0. The van der Waals surface area contributed by atoms with E-state index in [0.29, 0.717) is 11.5 Å². The van der Waals surface area contributed by atoms with Crippen LogP contribution in [0.15, 0.2) is 0 Å². The smallest absolute Gasteiger partial charge is 0.325 e. The van der Waals surface area contributed by atoms with E-state index in [4.69, 9.17) is 5.11 Å². The van der Waals surface area contributed by atoms with E-state index in [9.17, 15) is 13.6 Å². The van der Waals surface area contributed by atoms with E-state index in [-0.39, 0.29) is 22.2 Å². The Labute approximate surface area is 122 Å². The molecule has 2 aliphatic carbocycles. The molecule has 2 atom stereocenters. The Morgan fingerprint density at radius 3 is 2.80 bits per heavy atom. The highest BCUT2D eigenvalue weighted by Gasteiger charge is 2.66. The lowest BCUT2D eigenvalue weighted by Gasteiger charge is -2.25. The van der Waals surface area contributed by atoms with E-state index in [2.05, 4.69) is 5.10 Å². The second-order valence-corrected chi connectivity index (χ2v) is 8.25. The summed E-state index contributed by atoms with van der Waals surface area (Å²) in [5.74, 6) is 1.46. The number of thioether (sulfide) groups is 2. The summed E-state index contributed by atoms with van der Waals surface area (Å²) in [6.45, 7) is -0.336. The van der Waals surface area contributed by atoms with Gasteiger partial charge >= 0.3 is 5.97 Å². The lowest BCUT2D eigenvalue weighted by Crippen LogP contribution is -2.23. The lowest BCUT2D eigenvalue weighted by molar-refractivity contribution is -0.137. The molecule has 2 heterocycles. The molecule has 0 radical (unpaired) electrons. The van der Waals surface area contributed by atoms with Crippen molar-refractivity contribution in [3.05, 3.63) is 17.0 Å². The van der Waals surface area contributed by atoms with Crippen molar-refractivity contribution in [3.8, 4) is 0 Å². The summed E-state index contributed by atoms with van der Waals surface area (Å²) >= 11 is 3.55. The molecule has 1 aliphatic heterocycles. The van der Waals surface area contributed by atoms with Crippen molar-refractivity contribution in [1.82, 2.24) is 9.78 Å². The van der Waals surface area contributed by atoms with Crippen LogP contribution >= 0.6 is 23.5 Å². The minimum absolute atomic E-state index is 0.162. The molecule has 0 bridgehead atoms. The summed E-state index contributed by atoms with van der Waals surface area (Å²) in [6.07, 6.45) is -1.70. The first-order valence-electron chi connectivity index (χ1n) is 6.43. The number of carboxylic acids is 1. The van der Waals surface area contributed by atoms with Gasteiger partial charge in [-0.2, -0.15) is 5.10 Å². The normalized spacial score (nSPS) is 28.9. The number of rotatable bonds is 3. The molecule has 2 unspecified atom stereocenters. The molecule has 1 aromatic heterocycles. The predicted molar refractivity (Wildman–Crippen MR) is 72.3 cm³/mol. The number of hydrogen-bond donors (Lipinski definition) is 1. The Balaban J connectivity index is 1.89. The number of halogens is 2. The quantitative estimate of drug-likeness (QED) is 0.928. The van der Waals surface area contributed by atoms with Crippen LogP contribution in [0.3, 0.4) is 0 Å². The molecule has 1 spiro atoms. The minimum atomic E-state index is -2.63. The fraction of sp³-hybridized carbons (Fsp3) is 0.667. The Morgan fingerprint density at radius 2 is 2.20 bits per heavy atom. The average molecular weight is 318 g/mol. The molecule has 20 heavy (non-hydrogen) atoms. The van der Waals surface area contributed by atoms with E-state index in [1.165, 1.54) is 4.68 Å². The Bertz CT molecular complexity index is 599. The fourth-order valence-electron chi connectivity index (χ4n) is 3.52. The van der Waals surface area contributed by atoms with Crippen LogP contribution < -0.4 is 0 Å². The van der Waals surface area contributed by atoms with Crippen molar-refractivity contribution < 1.29 is 18.7 Å². The number of aromatic nitrogens is 2.